The summed E-state index contributed by atoms with van der Waals surface area (Å²) in [5.74, 6) is -0.984. The van der Waals surface area contributed by atoms with Gasteiger partial charge in [0, 0.05) is 6.42 Å². The normalized spacial score (nSPS) is 8.12. The minimum Gasteiger partial charge on any atom is -0.290 e. The Morgan fingerprint density at radius 3 is 2.25 bits per heavy atom. The van der Waals surface area contributed by atoms with Gasteiger partial charge in [0.2, 0.25) is 11.6 Å². The lowest BCUT2D eigenvalue weighted by atomic mass is 10.2. The van der Waals surface area contributed by atoms with Gasteiger partial charge in [-0.25, -0.2) is 0 Å². The molecule has 44 valence electrons. The second-order valence-corrected chi connectivity index (χ2v) is 1.49. The average Bonchev–Trinajstić information content (AvgIpc) is 1.84. The number of rotatable bonds is 3. The number of ketones is 2. The van der Waals surface area contributed by atoms with Crippen LogP contribution >= 0.6 is 12.2 Å². The Labute approximate surface area is 52.9 Å². The van der Waals surface area contributed by atoms with Gasteiger partial charge in [-0.1, -0.05) is 19.1 Å². The first-order valence-corrected chi connectivity index (χ1v) is 2.71. The van der Waals surface area contributed by atoms with Crippen molar-refractivity contribution in [3.8, 4) is 0 Å². The minimum atomic E-state index is -0.567. The third kappa shape index (κ3) is 1.93. The maximum absolute atomic E-state index is 10.3. The lowest BCUT2D eigenvalue weighted by Crippen LogP contribution is -2.11. The van der Waals surface area contributed by atoms with E-state index in [1.807, 2.05) is 0 Å². The van der Waals surface area contributed by atoms with E-state index in [2.05, 4.69) is 12.2 Å². The highest BCUT2D eigenvalue weighted by Crippen LogP contribution is 1.79. The summed E-state index contributed by atoms with van der Waals surface area (Å²) >= 11 is 4.22. The van der Waals surface area contributed by atoms with E-state index in [9.17, 15) is 9.59 Å². The minimum absolute atomic E-state index is 0.242. The van der Waals surface area contributed by atoms with Crippen LogP contribution in [0.2, 0.25) is 0 Å². The first kappa shape index (κ1) is 7.43. The average molecular weight is 130 g/mol. The first-order valence-electron chi connectivity index (χ1n) is 2.24. The zero-order chi connectivity index (χ0) is 6.57. The first-order chi connectivity index (χ1) is 3.72. The summed E-state index contributed by atoms with van der Waals surface area (Å²) in [7, 11) is 0. The van der Waals surface area contributed by atoms with Gasteiger partial charge in [-0.2, -0.15) is 0 Å². The van der Waals surface area contributed by atoms with Gasteiger partial charge >= 0.3 is 0 Å². The molecule has 0 unspecified atom stereocenters. The fourth-order valence-corrected chi connectivity index (χ4v) is 0.371. The highest BCUT2D eigenvalue weighted by Gasteiger charge is 2.04. The smallest absolute Gasteiger partial charge is 0.232 e. The van der Waals surface area contributed by atoms with Crippen molar-refractivity contribution in [1.82, 2.24) is 0 Å². The van der Waals surface area contributed by atoms with Crippen molar-refractivity contribution in [2.75, 3.05) is 0 Å². The molecule has 0 aromatic carbocycles. The molecule has 0 aromatic rings. The van der Waals surface area contributed by atoms with E-state index in [0.29, 0.717) is 0 Å². The Hall–Kier alpha value is -0.570. The predicted octanol–water partition coefficient (Wildman–Crippen LogP) is 0.534. The van der Waals surface area contributed by atoms with Crippen molar-refractivity contribution in [1.29, 1.82) is 0 Å². The molecule has 0 rings (SSSR count). The number of hydrogen-bond donors (Lipinski definition) is 0. The Kier molecular flexibility index (Phi) is 3.19. The van der Waals surface area contributed by atoms with Gasteiger partial charge < -0.3 is 0 Å². The molecule has 0 radical (unpaired) electrons. The number of hydrogen-bond acceptors (Lipinski definition) is 3. The summed E-state index contributed by atoms with van der Waals surface area (Å²) in [4.78, 5) is 20.5. The fraction of sp³-hybridized carbons (Fsp3) is 0.400. The molecule has 8 heavy (non-hydrogen) atoms. The maximum Gasteiger partial charge on any atom is 0.232 e. The van der Waals surface area contributed by atoms with Gasteiger partial charge in [0.15, 0.2) is 0 Å². The summed E-state index contributed by atoms with van der Waals surface area (Å²) in [5, 5.41) is 0.867. The molecular formula is C5H6O2S. The SMILES string of the molecule is CCC(=O)C(=O)C=S. The summed E-state index contributed by atoms with van der Waals surface area (Å²) < 4.78 is 0. The van der Waals surface area contributed by atoms with Gasteiger partial charge in [-0.3, -0.25) is 9.59 Å². The predicted molar refractivity (Wildman–Crippen MR) is 34.0 cm³/mol. The number of Topliss-reactive ketones (excluding diaryl/α,β-unsaturated/α-hetero) is 2. The molecule has 0 heterocycles. The van der Waals surface area contributed by atoms with Crippen molar-refractivity contribution in [2.24, 2.45) is 0 Å². The van der Waals surface area contributed by atoms with E-state index < -0.39 is 11.6 Å². The lowest BCUT2D eigenvalue weighted by molar-refractivity contribution is -0.132. The zero-order valence-corrected chi connectivity index (χ0v) is 5.33. The van der Waals surface area contributed by atoms with Crippen LogP contribution in [-0.2, 0) is 9.59 Å². The van der Waals surface area contributed by atoms with Gasteiger partial charge in [0.05, 0.1) is 5.37 Å². The molecule has 0 aliphatic heterocycles. The van der Waals surface area contributed by atoms with E-state index in [0.717, 1.165) is 5.37 Å². The second-order valence-electron chi connectivity index (χ2n) is 1.26. The maximum atomic E-state index is 10.3. The molecule has 0 saturated heterocycles. The topological polar surface area (TPSA) is 34.1 Å². The fourth-order valence-electron chi connectivity index (χ4n) is 0.240. The van der Waals surface area contributed by atoms with Crippen molar-refractivity contribution in [3.05, 3.63) is 0 Å². The summed E-state index contributed by atoms with van der Waals surface area (Å²) in [6.45, 7) is 1.62. The molecule has 0 amide bonds. The van der Waals surface area contributed by atoms with Gasteiger partial charge in [0.1, 0.15) is 0 Å². The third-order valence-corrected chi connectivity index (χ3v) is 0.917. The van der Waals surface area contributed by atoms with Crippen LogP contribution in [0.1, 0.15) is 13.3 Å². The Balaban J connectivity index is 3.82. The van der Waals surface area contributed by atoms with E-state index in [1.54, 1.807) is 6.92 Å². The van der Waals surface area contributed by atoms with Crippen LogP contribution in [0.5, 0.6) is 0 Å². The van der Waals surface area contributed by atoms with Crippen molar-refractivity contribution < 1.29 is 9.59 Å². The van der Waals surface area contributed by atoms with E-state index in [4.69, 9.17) is 0 Å². The van der Waals surface area contributed by atoms with Gasteiger partial charge in [-0.15, -0.1) is 0 Å². The number of carbonyl (C=O) groups is 2. The molecule has 0 aromatic heterocycles. The van der Waals surface area contributed by atoms with E-state index in [1.165, 1.54) is 0 Å². The molecule has 0 fully saturated rings. The highest BCUT2D eigenvalue weighted by atomic mass is 32.1. The van der Waals surface area contributed by atoms with Crippen LogP contribution < -0.4 is 0 Å². The molecule has 0 aliphatic carbocycles. The van der Waals surface area contributed by atoms with Crippen molar-refractivity contribution >= 4 is 29.2 Å². The van der Waals surface area contributed by atoms with Crippen LogP contribution in [0.25, 0.3) is 0 Å². The largest absolute Gasteiger partial charge is 0.290 e. The monoisotopic (exact) mass is 130 g/mol. The number of carbonyl (C=O) groups excluding carboxylic acids is 2. The second kappa shape index (κ2) is 3.43. The summed E-state index contributed by atoms with van der Waals surface area (Å²) in [5.41, 5.74) is 0. The molecule has 3 heteroatoms. The Morgan fingerprint density at radius 1 is 1.62 bits per heavy atom. The van der Waals surface area contributed by atoms with Crippen molar-refractivity contribution in [3.63, 3.8) is 0 Å². The van der Waals surface area contributed by atoms with Crippen LogP contribution in [0.4, 0.5) is 0 Å². The molecular weight excluding hydrogens is 124 g/mol. The van der Waals surface area contributed by atoms with Crippen LogP contribution in [0, 0.1) is 0 Å². The van der Waals surface area contributed by atoms with Crippen molar-refractivity contribution in [2.45, 2.75) is 13.3 Å². The van der Waals surface area contributed by atoms with Crippen LogP contribution in [0.15, 0.2) is 0 Å². The van der Waals surface area contributed by atoms with Crippen LogP contribution in [0.3, 0.4) is 0 Å². The Bertz CT molecular complexity index is 128. The lowest BCUT2D eigenvalue weighted by Gasteiger charge is -1.82. The quantitative estimate of drug-likeness (QED) is 0.413. The van der Waals surface area contributed by atoms with E-state index >= 15 is 0 Å². The summed E-state index contributed by atoms with van der Waals surface area (Å²) in [6.07, 6.45) is 0.242. The molecule has 0 spiro atoms. The molecule has 2 nitrogen and oxygen atoms in total. The van der Waals surface area contributed by atoms with Gasteiger partial charge in [-0.05, 0) is 0 Å². The molecule has 0 saturated carbocycles. The standard InChI is InChI=1S/C5H6O2S/c1-2-4(6)5(7)3-8/h3H,2H2,1H3. The highest BCUT2D eigenvalue weighted by molar-refractivity contribution is 7.80. The summed E-state index contributed by atoms with van der Waals surface area (Å²) in [6, 6.07) is 0. The molecule has 0 atom stereocenters. The Morgan fingerprint density at radius 2 is 2.12 bits per heavy atom. The van der Waals surface area contributed by atoms with Gasteiger partial charge in [0.25, 0.3) is 0 Å². The molecule has 0 bridgehead atoms. The molecule has 0 aliphatic rings. The molecule has 0 N–H and O–H groups in total. The van der Waals surface area contributed by atoms with E-state index in [-0.39, 0.29) is 6.42 Å². The van der Waals surface area contributed by atoms with Crippen LogP contribution in [-0.4, -0.2) is 16.9 Å². The zero-order valence-electron chi connectivity index (χ0n) is 4.51. The number of thiocarbonyl (C=S) groups is 1. The third-order valence-electron chi connectivity index (χ3n) is 0.703.